The summed E-state index contributed by atoms with van der Waals surface area (Å²) in [6, 6.07) is 30.1. The second-order valence-corrected chi connectivity index (χ2v) is 8.95. The zero-order chi connectivity index (χ0) is 25.8. The van der Waals surface area contributed by atoms with Crippen molar-refractivity contribution in [2.45, 2.75) is 18.4 Å². The molecule has 6 nitrogen and oxygen atoms in total. The number of nitrogens with one attached hydrogen (secondary N) is 1. The van der Waals surface area contributed by atoms with Gasteiger partial charge in [0, 0.05) is 12.3 Å². The Kier molecular flexibility index (Phi) is 6.90. The van der Waals surface area contributed by atoms with Crippen molar-refractivity contribution in [3.63, 3.8) is 0 Å². The molecule has 0 saturated carbocycles. The summed E-state index contributed by atoms with van der Waals surface area (Å²) in [7, 11) is 1.60. The van der Waals surface area contributed by atoms with Gasteiger partial charge in [0.2, 0.25) is 0 Å². The highest BCUT2D eigenvalue weighted by atomic mass is 16.5. The zero-order valence-electron chi connectivity index (χ0n) is 20.4. The number of fused-ring (bicyclic) bond motifs is 3. The minimum absolute atomic E-state index is 0.102. The Morgan fingerprint density at radius 2 is 1.46 bits per heavy atom. The lowest BCUT2D eigenvalue weighted by Gasteiger charge is -2.19. The van der Waals surface area contributed by atoms with Gasteiger partial charge in [-0.15, -0.1) is 0 Å². The second kappa shape index (κ2) is 10.6. The molecule has 0 spiro atoms. The molecule has 0 bridgehead atoms. The third-order valence-corrected chi connectivity index (χ3v) is 6.76. The molecule has 0 heterocycles. The highest BCUT2D eigenvalue weighted by Gasteiger charge is 2.30. The molecule has 1 aliphatic rings. The van der Waals surface area contributed by atoms with E-state index in [1.54, 1.807) is 7.11 Å². The molecule has 1 atom stereocenters. The molecule has 1 aliphatic carbocycles. The molecule has 4 aromatic carbocycles. The molecule has 0 aliphatic heterocycles. The van der Waals surface area contributed by atoms with Gasteiger partial charge >= 0.3 is 12.1 Å². The number of hydrogen-bond donors (Lipinski definition) is 2. The average Bonchev–Trinajstić information content (AvgIpc) is 3.25. The Morgan fingerprint density at radius 1 is 0.838 bits per heavy atom. The lowest BCUT2D eigenvalue weighted by Crippen LogP contribution is -2.43. The normalized spacial score (nSPS) is 12.8. The number of methoxy groups -OCH3 is 1. The fraction of sp³-hybridized carbons (Fsp3) is 0.161. The van der Waals surface area contributed by atoms with Crippen LogP contribution in [0.15, 0.2) is 97.1 Å². The second-order valence-electron chi connectivity index (χ2n) is 8.95. The maximum Gasteiger partial charge on any atom is 0.407 e. The molecule has 4 aromatic rings. The van der Waals surface area contributed by atoms with Crippen molar-refractivity contribution in [3.8, 4) is 28.0 Å². The largest absolute Gasteiger partial charge is 0.497 e. The lowest BCUT2D eigenvalue weighted by atomic mass is 9.95. The fourth-order valence-electron chi connectivity index (χ4n) is 4.97. The van der Waals surface area contributed by atoms with Crippen molar-refractivity contribution in [1.29, 1.82) is 0 Å². The molecular weight excluding hydrogens is 466 g/mol. The highest BCUT2D eigenvalue weighted by molar-refractivity contribution is 5.82. The minimum atomic E-state index is -1.15. The van der Waals surface area contributed by atoms with Crippen LogP contribution in [0.2, 0.25) is 0 Å². The van der Waals surface area contributed by atoms with Gasteiger partial charge in [-0.2, -0.15) is 0 Å². The first-order valence-corrected chi connectivity index (χ1v) is 12.1. The van der Waals surface area contributed by atoms with Crippen molar-refractivity contribution in [2.24, 2.45) is 0 Å². The van der Waals surface area contributed by atoms with E-state index in [-0.39, 0.29) is 18.9 Å². The summed E-state index contributed by atoms with van der Waals surface area (Å²) in [5, 5.41) is 12.4. The Balaban J connectivity index is 1.30. The van der Waals surface area contributed by atoms with Gasteiger partial charge < -0.3 is 19.9 Å². The predicted molar refractivity (Wildman–Crippen MR) is 142 cm³/mol. The molecule has 6 heteroatoms. The molecule has 37 heavy (non-hydrogen) atoms. The summed E-state index contributed by atoms with van der Waals surface area (Å²) >= 11 is 0. The van der Waals surface area contributed by atoms with Crippen LogP contribution in [0.4, 0.5) is 4.79 Å². The monoisotopic (exact) mass is 493 g/mol. The van der Waals surface area contributed by atoms with Crippen LogP contribution in [-0.4, -0.2) is 36.9 Å². The Hall–Kier alpha value is -4.58. The number of carboxylic acid groups (broad SMARTS) is 1. The quantitative estimate of drug-likeness (QED) is 0.319. The number of benzene rings is 4. The van der Waals surface area contributed by atoms with Gasteiger partial charge in [-0.1, -0.05) is 84.9 Å². The van der Waals surface area contributed by atoms with Crippen LogP contribution < -0.4 is 10.1 Å². The Morgan fingerprint density at radius 3 is 2.11 bits per heavy atom. The molecule has 0 aromatic heterocycles. The summed E-state index contributed by atoms with van der Waals surface area (Å²) in [5.74, 6) is -0.525. The van der Waals surface area contributed by atoms with Crippen LogP contribution >= 0.6 is 0 Å². The molecule has 1 amide bonds. The smallest absolute Gasteiger partial charge is 0.407 e. The average molecular weight is 494 g/mol. The number of ether oxygens (including phenoxy) is 2. The molecule has 1 unspecified atom stereocenters. The first-order chi connectivity index (χ1) is 18.0. The van der Waals surface area contributed by atoms with Crippen LogP contribution in [0, 0.1) is 0 Å². The van der Waals surface area contributed by atoms with Gasteiger partial charge in [0.05, 0.1) is 7.11 Å². The van der Waals surface area contributed by atoms with E-state index in [2.05, 4.69) is 17.4 Å². The van der Waals surface area contributed by atoms with Gasteiger partial charge in [0.15, 0.2) is 0 Å². The summed E-state index contributed by atoms with van der Waals surface area (Å²) in [6.07, 6.45) is -0.652. The number of amides is 1. The van der Waals surface area contributed by atoms with Gasteiger partial charge in [0.25, 0.3) is 0 Å². The van der Waals surface area contributed by atoms with Gasteiger partial charge in [-0.05, 0) is 51.1 Å². The molecule has 186 valence electrons. The van der Waals surface area contributed by atoms with Crippen molar-refractivity contribution < 1.29 is 24.2 Å². The number of hydrogen-bond acceptors (Lipinski definition) is 4. The first kappa shape index (κ1) is 24.1. The number of carboxylic acids is 1. The van der Waals surface area contributed by atoms with E-state index in [1.165, 1.54) is 0 Å². The third-order valence-electron chi connectivity index (χ3n) is 6.76. The zero-order valence-corrected chi connectivity index (χ0v) is 20.4. The molecule has 0 fully saturated rings. The van der Waals surface area contributed by atoms with Crippen LogP contribution in [0.3, 0.4) is 0 Å². The predicted octanol–water partition coefficient (Wildman–Crippen LogP) is 5.90. The summed E-state index contributed by atoms with van der Waals surface area (Å²) in [4.78, 5) is 24.8. The number of aliphatic carboxylic acids is 1. The van der Waals surface area contributed by atoms with Crippen LogP contribution in [-0.2, 0) is 16.0 Å². The van der Waals surface area contributed by atoms with Crippen molar-refractivity contribution in [1.82, 2.24) is 5.32 Å². The molecule has 0 saturated heterocycles. The maximum absolute atomic E-state index is 12.8. The molecule has 0 radical (unpaired) electrons. The fourth-order valence-corrected chi connectivity index (χ4v) is 4.97. The SMILES string of the molecule is COc1cccc(-c2ccccc2CC(NC(=O)OCC2c3ccccc3-c3ccccc32)C(=O)O)c1. The van der Waals surface area contributed by atoms with Crippen LogP contribution in [0.25, 0.3) is 22.3 Å². The van der Waals surface area contributed by atoms with E-state index in [1.807, 2.05) is 84.9 Å². The van der Waals surface area contributed by atoms with E-state index in [0.717, 1.165) is 38.9 Å². The van der Waals surface area contributed by atoms with Crippen LogP contribution in [0.5, 0.6) is 5.75 Å². The Bertz CT molecular complexity index is 1400. The summed E-state index contributed by atoms with van der Waals surface area (Å²) in [5.41, 5.74) is 7.02. The maximum atomic E-state index is 12.8. The standard InChI is InChI=1S/C31H27NO5/c1-36-22-11-8-10-20(17-22)23-12-3-2-9-21(23)18-29(30(33)34)32-31(35)37-19-28-26-15-6-4-13-24(26)25-14-5-7-16-27(25)28/h2-17,28-29H,18-19H2,1H3,(H,32,35)(H,33,34). The summed E-state index contributed by atoms with van der Waals surface area (Å²) < 4.78 is 10.9. The lowest BCUT2D eigenvalue weighted by molar-refractivity contribution is -0.139. The number of alkyl carbamates (subject to hydrolysis) is 1. The number of carbonyl (C=O) groups excluding carboxylic acids is 1. The van der Waals surface area contributed by atoms with E-state index in [9.17, 15) is 14.7 Å². The molecular formula is C31H27NO5. The van der Waals surface area contributed by atoms with Crippen LogP contribution in [0.1, 0.15) is 22.6 Å². The van der Waals surface area contributed by atoms with E-state index in [4.69, 9.17) is 9.47 Å². The van der Waals surface area contributed by atoms with E-state index < -0.39 is 18.1 Å². The van der Waals surface area contributed by atoms with E-state index >= 15 is 0 Å². The van der Waals surface area contributed by atoms with Crippen molar-refractivity contribution >= 4 is 12.1 Å². The highest BCUT2D eigenvalue weighted by Crippen LogP contribution is 2.44. The number of rotatable bonds is 8. The third kappa shape index (κ3) is 5.05. The molecule has 5 rings (SSSR count). The van der Waals surface area contributed by atoms with Crippen molar-refractivity contribution in [2.75, 3.05) is 13.7 Å². The first-order valence-electron chi connectivity index (χ1n) is 12.1. The van der Waals surface area contributed by atoms with Gasteiger partial charge in [-0.3, -0.25) is 0 Å². The summed E-state index contributed by atoms with van der Waals surface area (Å²) in [6.45, 7) is 0.118. The van der Waals surface area contributed by atoms with Gasteiger partial charge in [-0.25, -0.2) is 9.59 Å². The van der Waals surface area contributed by atoms with E-state index in [0.29, 0.717) is 5.75 Å². The topological polar surface area (TPSA) is 84.9 Å². The van der Waals surface area contributed by atoms with Crippen molar-refractivity contribution in [3.05, 3.63) is 114 Å². The van der Waals surface area contributed by atoms with Gasteiger partial charge in [0.1, 0.15) is 18.4 Å². The number of carbonyl (C=O) groups is 2. The Labute approximate surface area is 215 Å². The molecule has 2 N–H and O–H groups in total. The minimum Gasteiger partial charge on any atom is -0.497 e.